The second kappa shape index (κ2) is 7.29. The van der Waals surface area contributed by atoms with Crippen LogP contribution in [0.15, 0.2) is 0 Å². The number of rotatable bonds is 7. The Labute approximate surface area is 75.3 Å². The highest BCUT2D eigenvalue weighted by atomic mass is 16.5. The molecule has 2 heteroatoms. The van der Waals surface area contributed by atoms with Gasteiger partial charge in [-0.05, 0) is 18.8 Å². The molecule has 71 valence electrons. The van der Waals surface area contributed by atoms with Gasteiger partial charge in [-0.1, -0.05) is 20.8 Å². The molecular weight excluding hydrogens is 152 g/mol. The van der Waals surface area contributed by atoms with Gasteiger partial charge in [-0.25, -0.2) is 0 Å². The molecule has 0 spiro atoms. The van der Waals surface area contributed by atoms with Crippen molar-refractivity contribution in [2.45, 2.75) is 33.6 Å². The van der Waals surface area contributed by atoms with Crippen LogP contribution in [0.4, 0.5) is 0 Å². The molecule has 0 bridgehead atoms. The van der Waals surface area contributed by atoms with Crippen molar-refractivity contribution >= 4 is 6.29 Å². The van der Waals surface area contributed by atoms with Gasteiger partial charge in [0.1, 0.15) is 6.29 Å². The quantitative estimate of drug-likeness (QED) is 0.434. The minimum Gasteiger partial charge on any atom is -0.375 e. The minimum absolute atomic E-state index is 0.156. The summed E-state index contributed by atoms with van der Waals surface area (Å²) in [6, 6.07) is 0. The van der Waals surface area contributed by atoms with E-state index in [1.807, 2.05) is 6.92 Å². The summed E-state index contributed by atoms with van der Waals surface area (Å²) in [5, 5.41) is 0. The van der Waals surface area contributed by atoms with Crippen LogP contribution in [0, 0.1) is 18.4 Å². The molecule has 0 N–H and O–H groups in total. The molecule has 0 aromatic heterocycles. The van der Waals surface area contributed by atoms with Gasteiger partial charge in [0, 0.05) is 12.5 Å². The van der Waals surface area contributed by atoms with E-state index in [2.05, 4.69) is 13.8 Å². The Morgan fingerprint density at radius 3 is 2.50 bits per heavy atom. The standard InChI is InChI=1S/C10H19O2/c1-9(2)8-12-6-4-5-10(3)7-11/h6-7,9-10H,4-5,8H2,1-3H3. The first-order chi connectivity index (χ1) is 5.66. The molecule has 2 nitrogen and oxygen atoms in total. The van der Waals surface area contributed by atoms with Gasteiger partial charge >= 0.3 is 0 Å². The lowest BCUT2D eigenvalue weighted by molar-refractivity contribution is -0.110. The largest absolute Gasteiger partial charge is 0.375 e. The van der Waals surface area contributed by atoms with Crippen LogP contribution in [0.5, 0.6) is 0 Å². The second-order valence-corrected chi connectivity index (χ2v) is 3.58. The molecule has 12 heavy (non-hydrogen) atoms. The zero-order valence-corrected chi connectivity index (χ0v) is 8.25. The Morgan fingerprint density at radius 1 is 1.33 bits per heavy atom. The number of hydrogen-bond donors (Lipinski definition) is 0. The van der Waals surface area contributed by atoms with Crippen LogP contribution in [-0.4, -0.2) is 12.9 Å². The molecule has 0 amide bonds. The maximum Gasteiger partial charge on any atom is 0.122 e. The van der Waals surface area contributed by atoms with Gasteiger partial charge in [0.2, 0.25) is 0 Å². The molecule has 0 aliphatic heterocycles. The first kappa shape index (κ1) is 11.6. The van der Waals surface area contributed by atoms with Gasteiger partial charge in [0.05, 0.1) is 6.61 Å². The van der Waals surface area contributed by atoms with E-state index in [4.69, 9.17) is 4.74 Å². The third kappa shape index (κ3) is 7.73. The number of aldehydes is 1. The van der Waals surface area contributed by atoms with Gasteiger partial charge in [-0.3, -0.25) is 0 Å². The number of hydrogen-bond acceptors (Lipinski definition) is 2. The summed E-state index contributed by atoms with van der Waals surface area (Å²) in [4.78, 5) is 10.2. The highest BCUT2D eigenvalue weighted by Crippen LogP contribution is 2.05. The van der Waals surface area contributed by atoms with Crippen LogP contribution < -0.4 is 0 Å². The molecule has 0 aliphatic rings. The van der Waals surface area contributed by atoms with Gasteiger partial charge in [-0.15, -0.1) is 0 Å². The van der Waals surface area contributed by atoms with Crippen molar-refractivity contribution in [2.24, 2.45) is 11.8 Å². The Morgan fingerprint density at radius 2 is 2.00 bits per heavy atom. The van der Waals surface area contributed by atoms with E-state index in [-0.39, 0.29) is 5.92 Å². The van der Waals surface area contributed by atoms with Crippen LogP contribution in [-0.2, 0) is 9.53 Å². The van der Waals surface area contributed by atoms with Crippen molar-refractivity contribution in [3.05, 3.63) is 6.61 Å². The van der Waals surface area contributed by atoms with Crippen LogP contribution >= 0.6 is 0 Å². The fraction of sp³-hybridized carbons (Fsp3) is 0.800. The molecule has 0 aromatic carbocycles. The molecule has 0 aliphatic carbocycles. The molecule has 0 heterocycles. The monoisotopic (exact) mass is 171 g/mol. The average Bonchev–Trinajstić information content (AvgIpc) is 2.03. The third-order valence-corrected chi connectivity index (χ3v) is 1.52. The van der Waals surface area contributed by atoms with Crippen LogP contribution in [0.2, 0.25) is 0 Å². The smallest absolute Gasteiger partial charge is 0.122 e. The van der Waals surface area contributed by atoms with E-state index in [9.17, 15) is 4.79 Å². The van der Waals surface area contributed by atoms with Crippen molar-refractivity contribution in [3.63, 3.8) is 0 Å². The van der Waals surface area contributed by atoms with E-state index >= 15 is 0 Å². The van der Waals surface area contributed by atoms with Crippen molar-refractivity contribution in [1.29, 1.82) is 0 Å². The highest BCUT2D eigenvalue weighted by Gasteiger charge is 1.99. The van der Waals surface area contributed by atoms with E-state index in [0.29, 0.717) is 5.92 Å². The summed E-state index contributed by atoms with van der Waals surface area (Å²) >= 11 is 0. The molecule has 0 rings (SSSR count). The first-order valence-corrected chi connectivity index (χ1v) is 4.55. The fourth-order valence-corrected chi connectivity index (χ4v) is 0.743. The average molecular weight is 171 g/mol. The number of ether oxygens (including phenoxy) is 1. The van der Waals surface area contributed by atoms with E-state index in [1.165, 1.54) is 0 Å². The van der Waals surface area contributed by atoms with Crippen molar-refractivity contribution in [1.82, 2.24) is 0 Å². The molecule has 1 atom stereocenters. The van der Waals surface area contributed by atoms with Gasteiger partial charge in [0.25, 0.3) is 0 Å². The maximum absolute atomic E-state index is 10.2. The number of carbonyl (C=O) groups excluding carboxylic acids is 1. The summed E-state index contributed by atoms with van der Waals surface area (Å²) in [6.45, 7) is 8.72. The molecule has 0 aromatic rings. The molecule has 1 radical (unpaired) electrons. The topological polar surface area (TPSA) is 26.3 Å². The molecule has 1 unspecified atom stereocenters. The van der Waals surface area contributed by atoms with Crippen LogP contribution in [0.25, 0.3) is 0 Å². The lowest BCUT2D eigenvalue weighted by Crippen LogP contribution is -2.01. The Balaban J connectivity index is 3.05. The van der Waals surface area contributed by atoms with Crippen molar-refractivity contribution < 1.29 is 9.53 Å². The summed E-state index contributed by atoms with van der Waals surface area (Å²) in [5.41, 5.74) is 0. The van der Waals surface area contributed by atoms with E-state index in [0.717, 1.165) is 25.7 Å². The summed E-state index contributed by atoms with van der Waals surface area (Å²) in [5.74, 6) is 0.730. The maximum atomic E-state index is 10.2. The molecule has 0 saturated carbocycles. The lowest BCUT2D eigenvalue weighted by Gasteiger charge is -2.06. The zero-order valence-electron chi connectivity index (χ0n) is 8.25. The Kier molecular flexibility index (Phi) is 7.06. The Bertz CT molecular complexity index is 110. The van der Waals surface area contributed by atoms with Gasteiger partial charge in [0.15, 0.2) is 0 Å². The highest BCUT2D eigenvalue weighted by molar-refractivity contribution is 5.52. The summed E-state index contributed by atoms with van der Waals surface area (Å²) < 4.78 is 5.25. The van der Waals surface area contributed by atoms with Crippen LogP contribution in [0.1, 0.15) is 33.6 Å². The normalized spacial score (nSPS) is 13.3. The molecule has 0 fully saturated rings. The summed E-state index contributed by atoms with van der Waals surface area (Å²) in [7, 11) is 0. The first-order valence-electron chi connectivity index (χ1n) is 4.55. The SMILES string of the molecule is CC(C)CO[CH]CCC(C)C=O. The third-order valence-electron chi connectivity index (χ3n) is 1.52. The van der Waals surface area contributed by atoms with E-state index < -0.39 is 0 Å². The van der Waals surface area contributed by atoms with Crippen molar-refractivity contribution in [3.8, 4) is 0 Å². The predicted molar refractivity (Wildman–Crippen MR) is 49.6 cm³/mol. The second-order valence-electron chi connectivity index (χ2n) is 3.58. The lowest BCUT2D eigenvalue weighted by atomic mass is 10.1. The minimum atomic E-state index is 0.156. The summed E-state index contributed by atoms with van der Waals surface area (Å²) in [6.07, 6.45) is 2.74. The molecule has 0 saturated heterocycles. The Hall–Kier alpha value is -0.370. The zero-order chi connectivity index (χ0) is 9.40. The predicted octanol–water partition coefficient (Wildman–Crippen LogP) is 2.44. The van der Waals surface area contributed by atoms with Crippen molar-refractivity contribution in [2.75, 3.05) is 6.61 Å². The van der Waals surface area contributed by atoms with Crippen LogP contribution in [0.3, 0.4) is 0 Å². The van der Waals surface area contributed by atoms with Gasteiger partial charge in [-0.2, -0.15) is 0 Å². The molecular formula is C10H19O2. The fourth-order valence-electron chi connectivity index (χ4n) is 0.743. The number of carbonyl (C=O) groups is 1. The van der Waals surface area contributed by atoms with Gasteiger partial charge < -0.3 is 9.53 Å². The van der Waals surface area contributed by atoms with E-state index in [1.54, 1.807) is 6.61 Å².